The standard InChI is InChI=1S/C39H79NO2S2/c1-6-9-12-15-17-21-26-32-38(44-43-36-29-35-40(4)5)33-27-22-18-23-28-34-39(41)42-37(30-24-19-14-11-8-3)31-25-20-16-13-10-7-2/h37-38H,6-36H2,1-5H3. The summed E-state index contributed by atoms with van der Waals surface area (Å²) in [5.41, 5.74) is 0. The minimum absolute atomic E-state index is 0.0620. The zero-order valence-corrected chi connectivity index (χ0v) is 32.3. The Hall–Kier alpha value is 0.130. The summed E-state index contributed by atoms with van der Waals surface area (Å²) in [5, 5.41) is 0.815. The molecule has 0 aromatic rings. The van der Waals surface area contributed by atoms with Crippen molar-refractivity contribution in [1.82, 2.24) is 4.90 Å². The van der Waals surface area contributed by atoms with E-state index in [1.54, 1.807) is 0 Å². The summed E-state index contributed by atoms with van der Waals surface area (Å²) in [6.45, 7) is 8.04. The summed E-state index contributed by atoms with van der Waals surface area (Å²) < 4.78 is 6.04. The predicted octanol–water partition coefficient (Wildman–Crippen LogP) is 13.6. The fourth-order valence-electron chi connectivity index (χ4n) is 5.96. The van der Waals surface area contributed by atoms with Gasteiger partial charge >= 0.3 is 5.97 Å². The Balaban J connectivity index is 4.23. The zero-order valence-electron chi connectivity index (χ0n) is 30.7. The molecule has 0 saturated heterocycles. The molecule has 0 aromatic carbocycles. The van der Waals surface area contributed by atoms with E-state index >= 15 is 0 Å². The van der Waals surface area contributed by atoms with Crippen LogP contribution in [0.2, 0.25) is 0 Å². The maximum Gasteiger partial charge on any atom is 0.306 e. The van der Waals surface area contributed by atoms with Gasteiger partial charge in [0.2, 0.25) is 0 Å². The Morgan fingerprint density at radius 3 is 1.41 bits per heavy atom. The van der Waals surface area contributed by atoms with Crippen molar-refractivity contribution >= 4 is 27.6 Å². The summed E-state index contributed by atoms with van der Waals surface area (Å²) in [7, 11) is 8.64. The lowest BCUT2D eigenvalue weighted by Gasteiger charge is -2.18. The topological polar surface area (TPSA) is 29.5 Å². The summed E-state index contributed by atoms with van der Waals surface area (Å²) in [5.74, 6) is 1.33. The second kappa shape index (κ2) is 36.0. The van der Waals surface area contributed by atoms with Crippen LogP contribution in [0.3, 0.4) is 0 Å². The van der Waals surface area contributed by atoms with Gasteiger partial charge in [0.15, 0.2) is 0 Å². The highest BCUT2D eigenvalue weighted by Crippen LogP contribution is 2.34. The highest BCUT2D eigenvalue weighted by atomic mass is 33.1. The van der Waals surface area contributed by atoms with Crippen LogP contribution in [0.15, 0.2) is 0 Å². The van der Waals surface area contributed by atoms with Crippen LogP contribution in [0, 0.1) is 0 Å². The first-order valence-corrected chi connectivity index (χ1v) is 22.0. The molecule has 5 heteroatoms. The molecule has 0 spiro atoms. The molecule has 0 radical (unpaired) electrons. The highest BCUT2D eigenvalue weighted by Gasteiger charge is 2.14. The van der Waals surface area contributed by atoms with E-state index in [-0.39, 0.29) is 12.1 Å². The molecule has 264 valence electrons. The van der Waals surface area contributed by atoms with Crippen molar-refractivity contribution in [3.05, 3.63) is 0 Å². The first kappa shape index (κ1) is 44.1. The molecule has 0 aliphatic carbocycles. The maximum absolute atomic E-state index is 12.7. The number of esters is 1. The lowest BCUT2D eigenvalue weighted by molar-refractivity contribution is -0.150. The molecule has 0 fully saturated rings. The van der Waals surface area contributed by atoms with E-state index < -0.39 is 0 Å². The van der Waals surface area contributed by atoms with E-state index in [0.29, 0.717) is 6.42 Å². The lowest BCUT2D eigenvalue weighted by Crippen LogP contribution is -2.18. The number of nitrogens with zero attached hydrogens (tertiary/aromatic N) is 1. The van der Waals surface area contributed by atoms with Gasteiger partial charge in [0.1, 0.15) is 6.10 Å². The Labute approximate surface area is 285 Å². The van der Waals surface area contributed by atoms with Crippen molar-refractivity contribution in [3.8, 4) is 0 Å². The third-order valence-electron chi connectivity index (χ3n) is 8.88. The molecular formula is C39H79NO2S2. The first-order valence-electron chi connectivity index (χ1n) is 19.7. The van der Waals surface area contributed by atoms with Gasteiger partial charge in [0.05, 0.1) is 0 Å². The van der Waals surface area contributed by atoms with E-state index in [4.69, 9.17) is 4.74 Å². The molecule has 44 heavy (non-hydrogen) atoms. The summed E-state index contributed by atoms with van der Waals surface area (Å²) in [6.07, 6.45) is 37.1. The largest absolute Gasteiger partial charge is 0.462 e. The van der Waals surface area contributed by atoms with Crippen LogP contribution in [0.1, 0.15) is 207 Å². The number of hydrogen-bond acceptors (Lipinski definition) is 5. The molecular weight excluding hydrogens is 579 g/mol. The van der Waals surface area contributed by atoms with Gasteiger partial charge < -0.3 is 9.64 Å². The van der Waals surface area contributed by atoms with Crippen molar-refractivity contribution in [2.24, 2.45) is 0 Å². The van der Waals surface area contributed by atoms with Crippen molar-refractivity contribution in [1.29, 1.82) is 0 Å². The second-order valence-electron chi connectivity index (χ2n) is 13.8. The van der Waals surface area contributed by atoms with Gasteiger partial charge in [0, 0.05) is 17.4 Å². The second-order valence-corrected chi connectivity index (χ2v) is 16.6. The Morgan fingerprint density at radius 2 is 0.955 bits per heavy atom. The van der Waals surface area contributed by atoms with Crippen LogP contribution in [0.4, 0.5) is 0 Å². The van der Waals surface area contributed by atoms with Gasteiger partial charge in [-0.1, -0.05) is 171 Å². The van der Waals surface area contributed by atoms with Crippen LogP contribution in [0.5, 0.6) is 0 Å². The molecule has 0 aromatic heterocycles. The number of carbonyl (C=O) groups excluding carboxylic acids is 1. The molecule has 0 rings (SSSR count). The van der Waals surface area contributed by atoms with Gasteiger partial charge in [-0.2, -0.15) is 0 Å². The summed E-state index contributed by atoms with van der Waals surface area (Å²) in [4.78, 5) is 15.0. The fraction of sp³-hybridized carbons (Fsp3) is 0.974. The van der Waals surface area contributed by atoms with Gasteiger partial charge in [0.25, 0.3) is 0 Å². The van der Waals surface area contributed by atoms with Crippen LogP contribution >= 0.6 is 21.6 Å². The number of carbonyl (C=O) groups is 1. The van der Waals surface area contributed by atoms with E-state index in [0.717, 1.165) is 24.5 Å². The van der Waals surface area contributed by atoms with Crippen molar-refractivity contribution in [2.75, 3.05) is 26.4 Å². The van der Waals surface area contributed by atoms with Crippen LogP contribution in [-0.4, -0.2) is 48.6 Å². The molecule has 0 aliphatic rings. The number of ether oxygens (including phenoxy) is 1. The van der Waals surface area contributed by atoms with E-state index in [2.05, 4.69) is 61.4 Å². The van der Waals surface area contributed by atoms with Gasteiger partial charge in [-0.05, 0) is 72.0 Å². The Morgan fingerprint density at radius 1 is 0.545 bits per heavy atom. The molecule has 0 saturated carbocycles. The molecule has 3 nitrogen and oxygen atoms in total. The van der Waals surface area contributed by atoms with Gasteiger partial charge in [-0.3, -0.25) is 4.79 Å². The van der Waals surface area contributed by atoms with E-state index in [1.807, 2.05) is 0 Å². The quantitative estimate of drug-likeness (QED) is 0.0380. The third kappa shape index (κ3) is 33.5. The van der Waals surface area contributed by atoms with Gasteiger partial charge in [-0.15, -0.1) is 0 Å². The lowest BCUT2D eigenvalue weighted by atomic mass is 10.0. The average Bonchev–Trinajstić information content (AvgIpc) is 3.00. The van der Waals surface area contributed by atoms with Crippen LogP contribution < -0.4 is 0 Å². The molecule has 0 amide bonds. The third-order valence-corrected chi connectivity index (χ3v) is 11.9. The van der Waals surface area contributed by atoms with E-state index in [9.17, 15) is 4.79 Å². The van der Waals surface area contributed by atoms with Crippen LogP contribution in [0.25, 0.3) is 0 Å². The minimum atomic E-state index is 0.0620. The number of unbranched alkanes of at least 4 members (excludes halogenated alkanes) is 19. The molecule has 2 unspecified atom stereocenters. The number of hydrogen-bond donors (Lipinski definition) is 0. The van der Waals surface area contributed by atoms with Crippen LogP contribution in [-0.2, 0) is 9.53 Å². The fourth-order valence-corrected chi connectivity index (χ4v) is 8.82. The molecule has 0 N–H and O–H groups in total. The van der Waals surface area contributed by atoms with Gasteiger partial charge in [-0.25, -0.2) is 0 Å². The first-order chi connectivity index (χ1) is 21.5. The summed E-state index contributed by atoms with van der Waals surface area (Å²) in [6, 6.07) is 0. The Kier molecular flexibility index (Phi) is 36.1. The van der Waals surface area contributed by atoms with Crippen molar-refractivity contribution in [2.45, 2.75) is 218 Å². The maximum atomic E-state index is 12.7. The minimum Gasteiger partial charge on any atom is -0.462 e. The number of rotatable bonds is 36. The SMILES string of the molecule is CCCCCCCCCC(CCCCCCCC(=O)OC(CCCCCCC)CCCCCCCC)SSCCCN(C)C. The summed E-state index contributed by atoms with van der Waals surface area (Å²) >= 11 is 0. The monoisotopic (exact) mass is 658 g/mol. The molecule has 0 heterocycles. The molecule has 0 aliphatic heterocycles. The highest BCUT2D eigenvalue weighted by molar-refractivity contribution is 8.76. The van der Waals surface area contributed by atoms with Crippen molar-refractivity contribution < 1.29 is 9.53 Å². The smallest absolute Gasteiger partial charge is 0.306 e. The average molecular weight is 658 g/mol. The Bertz CT molecular complexity index is 574. The predicted molar refractivity (Wildman–Crippen MR) is 203 cm³/mol. The normalized spacial score (nSPS) is 13.0. The van der Waals surface area contributed by atoms with Crippen molar-refractivity contribution in [3.63, 3.8) is 0 Å². The van der Waals surface area contributed by atoms with E-state index in [1.165, 1.54) is 173 Å². The molecule has 0 bridgehead atoms. The zero-order chi connectivity index (χ0) is 32.4. The molecule has 2 atom stereocenters.